The number of morpholine rings is 1. The van der Waals surface area contributed by atoms with Gasteiger partial charge in [0.1, 0.15) is 25.6 Å². The summed E-state index contributed by atoms with van der Waals surface area (Å²) in [6, 6.07) is 16.9. The first-order valence-corrected chi connectivity index (χ1v) is 13.3. The lowest BCUT2D eigenvalue weighted by atomic mass is 10.0. The molecule has 5 rings (SSSR count). The van der Waals surface area contributed by atoms with Crippen molar-refractivity contribution in [2.75, 3.05) is 45.9 Å². The first-order chi connectivity index (χ1) is 19.0. The number of piperidine rings is 1. The van der Waals surface area contributed by atoms with E-state index in [9.17, 15) is 14.4 Å². The van der Waals surface area contributed by atoms with E-state index in [2.05, 4.69) is 10.6 Å². The smallest absolute Gasteiger partial charge is 0.407 e. The number of rotatable bonds is 9. The Balaban J connectivity index is 0.961. The minimum Gasteiger partial charge on any atom is -0.492 e. The van der Waals surface area contributed by atoms with Gasteiger partial charge in [0.05, 0.1) is 44.5 Å². The van der Waals surface area contributed by atoms with Gasteiger partial charge in [0.25, 0.3) is 0 Å². The first kappa shape index (κ1) is 26.8. The number of hydrogen-bond donors (Lipinski definition) is 2. The molecule has 3 aliphatic heterocycles. The van der Waals surface area contributed by atoms with E-state index in [0.29, 0.717) is 51.7 Å². The van der Waals surface area contributed by atoms with Gasteiger partial charge in [-0.25, -0.2) is 9.59 Å². The van der Waals surface area contributed by atoms with Crippen molar-refractivity contribution >= 4 is 18.0 Å². The molecule has 2 atom stereocenters. The molecule has 0 spiro atoms. The van der Waals surface area contributed by atoms with Crippen molar-refractivity contribution in [2.45, 2.75) is 37.9 Å². The van der Waals surface area contributed by atoms with Crippen molar-refractivity contribution in [3.8, 4) is 5.75 Å². The number of hydrogen-bond acceptors (Lipinski definition) is 7. The third-order valence-corrected chi connectivity index (χ3v) is 6.95. The highest BCUT2D eigenvalue weighted by molar-refractivity contribution is 5.79. The molecule has 39 heavy (non-hydrogen) atoms. The van der Waals surface area contributed by atoms with E-state index in [0.717, 1.165) is 17.5 Å². The monoisotopic (exact) mass is 538 g/mol. The van der Waals surface area contributed by atoms with E-state index in [1.54, 1.807) is 9.80 Å². The second kappa shape index (κ2) is 12.8. The third-order valence-electron chi connectivity index (χ3n) is 6.95. The summed E-state index contributed by atoms with van der Waals surface area (Å²) in [4.78, 5) is 39.9. The average molecular weight is 539 g/mol. The van der Waals surface area contributed by atoms with Crippen LogP contribution < -0.4 is 15.4 Å². The van der Waals surface area contributed by atoms with Crippen LogP contribution in [0.3, 0.4) is 0 Å². The number of carbonyl (C=O) groups is 3. The molecule has 2 aromatic rings. The van der Waals surface area contributed by atoms with Crippen LogP contribution in [0.15, 0.2) is 54.6 Å². The molecule has 2 aromatic carbocycles. The quantitative estimate of drug-likeness (QED) is 0.468. The van der Waals surface area contributed by atoms with Crippen molar-refractivity contribution in [3.63, 3.8) is 0 Å². The second-order valence-electron chi connectivity index (χ2n) is 9.86. The van der Waals surface area contributed by atoms with Gasteiger partial charge < -0.3 is 39.4 Å². The van der Waals surface area contributed by atoms with E-state index < -0.39 is 6.09 Å². The summed E-state index contributed by atoms with van der Waals surface area (Å²) >= 11 is 0. The summed E-state index contributed by atoms with van der Waals surface area (Å²) in [6.45, 7) is 3.50. The zero-order chi connectivity index (χ0) is 27.0. The number of nitrogens with one attached hydrogen (secondary N) is 2. The first-order valence-electron chi connectivity index (χ1n) is 13.3. The van der Waals surface area contributed by atoms with E-state index >= 15 is 0 Å². The highest BCUT2D eigenvalue weighted by Gasteiger charge is 2.40. The number of benzene rings is 2. The number of alkyl carbamates (subject to hydrolysis) is 1. The van der Waals surface area contributed by atoms with E-state index in [4.69, 9.17) is 18.9 Å². The number of ether oxygens (including phenoxy) is 4. The fourth-order valence-electron chi connectivity index (χ4n) is 4.81. The maximum atomic E-state index is 12.9. The Hall–Kier alpha value is -3.83. The molecule has 0 saturated carbocycles. The van der Waals surface area contributed by atoms with Crippen molar-refractivity contribution < 1.29 is 33.3 Å². The van der Waals surface area contributed by atoms with Gasteiger partial charge in [0.15, 0.2) is 0 Å². The van der Waals surface area contributed by atoms with Gasteiger partial charge in [-0.2, -0.15) is 0 Å². The van der Waals surface area contributed by atoms with Crippen LogP contribution in [0.2, 0.25) is 0 Å². The molecule has 0 radical (unpaired) electrons. The molecule has 2 N–H and O–H groups in total. The zero-order valence-electron chi connectivity index (χ0n) is 21.8. The summed E-state index contributed by atoms with van der Waals surface area (Å²) in [7, 11) is 0. The molecular formula is C28H34N4O7. The van der Waals surface area contributed by atoms with Crippen LogP contribution in [-0.2, 0) is 32.2 Å². The van der Waals surface area contributed by atoms with Crippen molar-refractivity contribution in [1.82, 2.24) is 20.4 Å². The summed E-state index contributed by atoms with van der Waals surface area (Å²) in [5.41, 5.74) is 1.89. The van der Waals surface area contributed by atoms with Gasteiger partial charge in [0.2, 0.25) is 5.91 Å². The molecule has 3 saturated heterocycles. The van der Waals surface area contributed by atoms with Crippen molar-refractivity contribution in [1.29, 1.82) is 0 Å². The third kappa shape index (κ3) is 7.39. The topological polar surface area (TPSA) is 119 Å². The average Bonchev–Trinajstić information content (AvgIpc) is 2.93. The largest absolute Gasteiger partial charge is 0.492 e. The van der Waals surface area contributed by atoms with Crippen molar-refractivity contribution in [2.24, 2.45) is 0 Å². The van der Waals surface area contributed by atoms with Crippen LogP contribution in [0.25, 0.3) is 0 Å². The molecule has 3 heterocycles. The van der Waals surface area contributed by atoms with Crippen LogP contribution in [0.1, 0.15) is 17.5 Å². The highest BCUT2D eigenvalue weighted by Crippen LogP contribution is 2.22. The van der Waals surface area contributed by atoms with Gasteiger partial charge in [-0.3, -0.25) is 4.79 Å². The molecule has 11 nitrogen and oxygen atoms in total. The lowest BCUT2D eigenvalue weighted by molar-refractivity contribution is -0.140. The molecule has 3 aliphatic rings. The van der Waals surface area contributed by atoms with Gasteiger partial charge in [-0.1, -0.05) is 42.5 Å². The molecule has 11 heteroatoms. The SMILES string of the molecule is O=C1CO[C@H]2CCN(C(=O)N3CC(OCc4cccc(OCCNC(=O)OCc5ccccc5)c4)C3)C[C@H]2N1. The summed E-state index contributed by atoms with van der Waals surface area (Å²) in [5.74, 6) is 0.552. The van der Waals surface area contributed by atoms with E-state index in [-0.39, 0.29) is 43.4 Å². The normalized spacial score (nSPS) is 20.9. The molecule has 0 aliphatic carbocycles. The zero-order valence-corrected chi connectivity index (χ0v) is 21.8. The standard InChI is InChI=1S/C28H34N4O7/c33-26-19-38-25-9-11-31(16-24(25)30-26)28(35)32-14-23(15-32)37-18-21-7-4-8-22(13-21)36-12-10-29-27(34)39-17-20-5-2-1-3-6-20/h1-8,13,23-25H,9-12,14-19H2,(H,29,34)(H,30,33)/t24-,25+/m1/s1. The number of likely N-dealkylation sites (tertiary alicyclic amines) is 2. The van der Waals surface area contributed by atoms with Crippen LogP contribution in [0.4, 0.5) is 9.59 Å². The van der Waals surface area contributed by atoms with Crippen molar-refractivity contribution in [3.05, 3.63) is 65.7 Å². The minimum atomic E-state index is -0.489. The number of nitrogens with zero attached hydrogens (tertiary/aromatic N) is 2. The Labute approximate surface area is 227 Å². The van der Waals surface area contributed by atoms with Crippen LogP contribution in [-0.4, -0.2) is 92.0 Å². The molecule has 0 aromatic heterocycles. The fourth-order valence-corrected chi connectivity index (χ4v) is 4.81. The molecule has 4 amide bonds. The predicted molar refractivity (Wildman–Crippen MR) is 140 cm³/mol. The number of urea groups is 1. The molecule has 3 fully saturated rings. The summed E-state index contributed by atoms with van der Waals surface area (Å²) in [5, 5.41) is 5.60. The summed E-state index contributed by atoms with van der Waals surface area (Å²) < 4.78 is 22.5. The Kier molecular flexibility index (Phi) is 8.79. The minimum absolute atomic E-state index is 0.0170. The van der Waals surface area contributed by atoms with E-state index in [1.165, 1.54) is 0 Å². The Bertz CT molecular complexity index is 1140. The highest BCUT2D eigenvalue weighted by atomic mass is 16.5. The van der Waals surface area contributed by atoms with Crippen LogP contribution in [0, 0.1) is 0 Å². The number of amides is 4. The number of carbonyl (C=O) groups excluding carboxylic acids is 3. The number of fused-ring (bicyclic) bond motifs is 1. The van der Waals surface area contributed by atoms with Gasteiger partial charge in [-0.05, 0) is 29.7 Å². The predicted octanol–water partition coefficient (Wildman–Crippen LogP) is 1.90. The molecule has 208 valence electrons. The van der Waals surface area contributed by atoms with Gasteiger partial charge >= 0.3 is 12.1 Å². The molecular weight excluding hydrogens is 504 g/mol. The van der Waals surface area contributed by atoms with Crippen LogP contribution in [0.5, 0.6) is 5.75 Å². The molecule has 0 unspecified atom stereocenters. The molecule has 0 bridgehead atoms. The Morgan fingerprint density at radius 2 is 1.82 bits per heavy atom. The maximum Gasteiger partial charge on any atom is 0.407 e. The van der Waals surface area contributed by atoms with Crippen LogP contribution >= 0.6 is 0 Å². The maximum absolute atomic E-state index is 12.9. The van der Waals surface area contributed by atoms with Gasteiger partial charge in [0, 0.05) is 13.1 Å². The second-order valence-corrected chi connectivity index (χ2v) is 9.86. The fraction of sp³-hybridized carbons (Fsp3) is 0.464. The Morgan fingerprint density at radius 1 is 1.00 bits per heavy atom. The van der Waals surface area contributed by atoms with E-state index in [1.807, 2.05) is 54.6 Å². The Morgan fingerprint density at radius 3 is 2.67 bits per heavy atom. The summed E-state index contributed by atoms with van der Waals surface area (Å²) in [6.07, 6.45) is 0.186. The lowest BCUT2D eigenvalue weighted by Gasteiger charge is -2.45. The van der Waals surface area contributed by atoms with Gasteiger partial charge in [-0.15, -0.1) is 0 Å². The lowest BCUT2D eigenvalue weighted by Crippen LogP contribution is -2.65.